The van der Waals surface area contributed by atoms with Crippen LogP contribution in [0.2, 0.25) is 10.0 Å². The molecule has 0 spiro atoms. The summed E-state index contributed by atoms with van der Waals surface area (Å²) in [4.78, 5) is 12.1. The first-order valence-corrected chi connectivity index (χ1v) is 14.3. The normalized spacial score (nSPS) is 15.6. The van der Waals surface area contributed by atoms with Crippen LogP contribution in [0.1, 0.15) is 47.7 Å². The minimum absolute atomic E-state index is 0.0528. The van der Waals surface area contributed by atoms with E-state index in [1.165, 1.54) is 0 Å². The van der Waals surface area contributed by atoms with E-state index in [0.29, 0.717) is 41.2 Å². The number of benzene rings is 4. The van der Waals surface area contributed by atoms with Gasteiger partial charge in [0.05, 0.1) is 10.0 Å². The highest BCUT2D eigenvalue weighted by atomic mass is 35.5. The van der Waals surface area contributed by atoms with Gasteiger partial charge in [-0.15, -0.1) is 0 Å². The van der Waals surface area contributed by atoms with Crippen molar-refractivity contribution in [2.24, 2.45) is 0 Å². The van der Waals surface area contributed by atoms with Crippen LogP contribution in [0, 0.1) is 0 Å². The summed E-state index contributed by atoms with van der Waals surface area (Å²) in [6, 6.07) is 27.8. The van der Waals surface area contributed by atoms with Crippen molar-refractivity contribution in [3.63, 3.8) is 0 Å². The molecule has 0 bridgehead atoms. The van der Waals surface area contributed by atoms with Gasteiger partial charge in [0.15, 0.2) is 17.6 Å². The number of halogens is 2. The number of aliphatic carboxylic acids is 1. The summed E-state index contributed by atoms with van der Waals surface area (Å²) in [6.45, 7) is 2.76. The summed E-state index contributed by atoms with van der Waals surface area (Å²) >= 11 is 12.1. The summed E-state index contributed by atoms with van der Waals surface area (Å²) in [6.07, 6.45) is 0.824. The second-order valence-corrected chi connectivity index (χ2v) is 10.8. The second-order valence-electron chi connectivity index (χ2n) is 9.94. The minimum atomic E-state index is -0.890. The third-order valence-electron chi connectivity index (χ3n) is 7.06. The van der Waals surface area contributed by atoms with E-state index < -0.39 is 12.0 Å². The summed E-state index contributed by atoms with van der Waals surface area (Å²) in [5, 5.41) is 14.2. The average molecular weight is 593 g/mol. The van der Waals surface area contributed by atoms with Crippen LogP contribution in [-0.2, 0) is 17.8 Å². The number of carboxylic acids is 1. The van der Waals surface area contributed by atoms with Gasteiger partial charge in [0, 0.05) is 6.04 Å². The number of carboxylic acid groups (broad SMARTS) is 1. The van der Waals surface area contributed by atoms with Gasteiger partial charge in [0.1, 0.15) is 25.0 Å². The fourth-order valence-corrected chi connectivity index (χ4v) is 5.13. The van der Waals surface area contributed by atoms with E-state index >= 15 is 0 Å². The zero-order valence-electron chi connectivity index (χ0n) is 22.6. The first-order chi connectivity index (χ1) is 19.9. The molecular weight excluding hydrogens is 561 g/mol. The van der Waals surface area contributed by atoms with Crippen LogP contribution in [0.5, 0.6) is 17.2 Å². The van der Waals surface area contributed by atoms with Gasteiger partial charge >= 0.3 is 5.97 Å². The van der Waals surface area contributed by atoms with Gasteiger partial charge in [-0.25, -0.2) is 0 Å². The fourth-order valence-electron chi connectivity index (χ4n) is 4.81. The molecule has 1 aliphatic rings. The third kappa shape index (κ3) is 7.33. The number of nitrogens with one attached hydrogen (secondary N) is 1. The first-order valence-electron chi connectivity index (χ1n) is 13.5. The van der Waals surface area contributed by atoms with Gasteiger partial charge in [0.25, 0.3) is 0 Å². The Bertz CT molecular complexity index is 1480. The number of carbonyl (C=O) groups is 1. The largest absolute Gasteiger partial charge is 0.489 e. The molecule has 0 amide bonds. The van der Waals surface area contributed by atoms with Gasteiger partial charge in [-0.2, -0.15) is 0 Å². The molecule has 212 valence electrons. The maximum Gasteiger partial charge on any atom is 0.321 e. The lowest BCUT2D eigenvalue weighted by Crippen LogP contribution is -2.40. The molecule has 0 fully saturated rings. The molecule has 0 radical (unpaired) electrons. The van der Waals surface area contributed by atoms with Gasteiger partial charge in [0.2, 0.25) is 0 Å². The van der Waals surface area contributed by atoms with Crippen molar-refractivity contribution in [1.29, 1.82) is 0 Å². The van der Waals surface area contributed by atoms with E-state index in [0.717, 1.165) is 34.4 Å². The lowest BCUT2D eigenvalue weighted by Gasteiger charge is -2.28. The Hall–Kier alpha value is -3.71. The summed E-state index contributed by atoms with van der Waals surface area (Å²) in [7, 11) is 0. The summed E-state index contributed by atoms with van der Waals surface area (Å²) < 4.78 is 18.2. The molecule has 0 saturated heterocycles. The second kappa shape index (κ2) is 13.3. The molecule has 8 heteroatoms. The predicted molar refractivity (Wildman–Crippen MR) is 160 cm³/mol. The smallest absolute Gasteiger partial charge is 0.321 e. The fraction of sp³-hybridized carbons (Fsp3) is 0.242. The highest BCUT2D eigenvalue weighted by Gasteiger charge is 2.26. The van der Waals surface area contributed by atoms with Crippen molar-refractivity contribution in [2.45, 2.75) is 44.6 Å². The van der Waals surface area contributed by atoms with E-state index in [1.807, 2.05) is 85.8 Å². The van der Waals surface area contributed by atoms with Crippen LogP contribution in [0.4, 0.5) is 0 Å². The molecule has 41 heavy (non-hydrogen) atoms. The Balaban J connectivity index is 1.19. The monoisotopic (exact) mass is 591 g/mol. The molecule has 3 atom stereocenters. The number of hydrogen-bond donors (Lipinski definition) is 2. The summed E-state index contributed by atoms with van der Waals surface area (Å²) in [5.41, 5.74) is 3.82. The van der Waals surface area contributed by atoms with Crippen molar-refractivity contribution in [1.82, 2.24) is 5.32 Å². The van der Waals surface area contributed by atoms with E-state index in [-0.39, 0.29) is 12.1 Å². The zero-order chi connectivity index (χ0) is 28.8. The number of ether oxygens (including phenoxy) is 3. The van der Waals surface area contributed by atoms with Crippen LogP contribution in [-0.4, -0.2) is 23.7 Å². The molecule has 4 aromatic rings. The Labute approximate surface area is 249 Å². The molecule has 6 nitrogen and oxygen atoms in total. The Morgan fingerprint density at radius 3 is 2.41 bits per heavy atom. The van der Waals surface area contributed by atoms with Gasteiger partial charge in [-0.05, 0) is 71.5 Å². The van der Waals surface area contributed by atoms with Gasteiger partial charge in [-0.1, -0.05) is 84.7 Å². The van der Waals surface area contributed by atoms with Crippen molar-refractivity contribution in [3.8, 4) is 17.2 Å². The molecule has 0 saturated carbocycles. The molecule has 2 N–H and O–H groups in total. The molecule has 0 unspecified atom stereocenters. The molecular formula is C33H31Cl2NO5. The molecule has 0 aromatic heterocycles. The lowest BCUT2D eigenvalue weighted by atomic mass is 10.00. The molecule has 4 aromatic carbocycles. The van der Waals surface area contributed by atoms with Crippen molar-refractivity contribution >= 4 is 29.2 Å². The van der Waals surface area contributed by atoms with Crippen molar-refractivity contribution in [3.05, 3.63) is 123 Å². The van der Waals surface area contributed by atoms with Crippen LogP contribution < -0.4 is 19.5 Å². The quantitative estimate of drug-likeness (QED) is 0.185. The van der Waals surface area contributed by atoms with Crippen LogP contribution >= 0.6 is 23.2 Å². The lowest BCUT2D eigenvalue weighted by molar-refractivity contribution is -0.139. The molecule has 1 aliphatic heterocycles. The Morgan fingerprint density at radius 2 is 1.71 bits per heavy atom. The van der Waals surface area contributed by atoms with Gasteiger partial charge < -0.3 is 19.3 Å². The van der Waals surface area contributed by atoms with E-state index in [4.69, 9.17) is 37.4 Å². The number of hydrogen-bond acceptors (Lipinski definition) is 5. The number of fused-ring (bicyclic) bond motifs is 1. The first kappa shape index (κ1) is 28.8. The van der Waals surface area contributed by atoms with Crippen molar-refractivity contribution in [2.75, 3.05) is 6.61 Å². The van der Waals surface area contributed by atoms with E-state index in [2.05, 4.69) is 5.32 Å². The highest BCUT2D eigenvalue weighted by Crippen LogP contribution is 2.37. The maximum absolute atomic E-state index is 12.1. The molecule has 1 heterocycles. The highest BCUT2D eigenvalue weighted by molar-refractivity contribution is 6.42. The standard InChI is InChI=1S/C33H31Cl2NO5/c1-2-28(23-6-4-3-5-7-23)36-29(33(37)38)17-21-9-15-30-31(18-21)40-20-32(41-30)24-10-12-25(13-11-24)39-19-22-8-14-26(34)27(35)16-22/h3-16,18,28-29,32,36H,2,17,19-20H2,1H3,(H,37,38)/t28-,29-,32+/m0/s1. The SMILES string of the molecule is CC[C@H](N[C@@H](Cc1ccc2c(c1)OC[C@H](c1ccc(OCc3ccc(Cl)c(Cl)c3)cc1)O2)C(=O)O)c1ccccc1. The Kier molecular flexibility index (Phi) is 9.35. The average Bonchev–Trinajstić information content (AvgIpc) is 3.00. The third-order valence-corrected chi connectivity index (χ3v) is 7.80. The van der Waals surface area contributed by atoms with Crippen LogP contribution in [0.25, 0.3) is 0 Å². The maximum atomic E-state index is 12.1. The van der Waals surface area contributed by atoms with Crippen molar-refractivity contribution < 1.29 is 24.1 Å². The molecule has 5 rings (SSSR count). The number of rotatable bonds is 11. The van der Waals surface area contributed by atoms with Gasteiger partial charge in [-0.3, -0.25) is 10.1 Å². The van der Waals surface area contributed by atoms with E-state index in [9.17, 15) is 9.90 Å². The Morgan fingerprint density at radius 1 is 0.951 bits per heavy atom. The minimum Gasteiger partial charge on any atom is -0.489 e. The van der Waals surface area contributed by atoms with Crippen LogP contribution in [0.15, 0.2) is 91.0 Å². The predicted octanol–water partition coefficient (Wildman–Crippen LogP) is 7.82. The van der Waals surface area contributed by atoms with Crippen LogP contribution in [0.3, 0.4) is 0 Å². The van der Waals surface area contributed by atoms with E-state index in [1.54, 1.807) is 12.1 Å². The summed E-state index contributed by atoms with van der Waals surface area (Å²) in [5.74, 6) is 1.07. The topological polar surface area (TPSA) is 77.0 Å². The zero-order valence-corrected chi connectivity index (χ0v) is 24.1. The molecule has 0 aliphatic carbocycles.